The average molecular weight is 375 g/mol. The van der Waals surface area contributed by atoms with Gasteiger partial charge in [-0.1, -0.05) is 0 Å². The minimum atomic E-state index is -2.64. The van der Waals surface area contributed by atoms with Crippen LogP contribution in [0.5, 0.6) is 0 Å². The predicted molar refractivity (Wildman–Crippen MR) is 97.8 cm³/mol. The van der Waals surface area contributed by atoms with Crippen molar-refractivity contribution in [2.75, 3.05) is 31.1 Å². The maximum absolute atomic E-state index is 13.4. The van der Waals surface area contributed by atoms with Gasteiger partial charge >= 0.3 is 0 Å². The van der Waals surface area contributed by atoms with Gasteiger partial charge in [0.05, 0.1) is 17.6 Å². The summed E-state index contributed by atoms with van der Waals surface area (Å²) in [6, 6.07) is 1.89. The number of rotatable bonds is 2. The number of nitrogens with zero attached hydrogens (tertiary/aromatic N) is 5. The van der Waals surface area contributed by atoms with E-state index in [-0.39, 0.29) is 37.8 Å². The summed E-state index contributed by atoms with van der Waals surface area (Å²) in [7, 11) is 0. The fourth-order valence-electron chi connectivity index (χ4n) is 4.00. The molecule has 1 atom stereocenters. The standard InChI is InChI=1S/C19H23F2N5O/c1-13-23-16-11-22-7-4-15(16)17(24-13)26-8-2-3-14(12-26)18(27)25-9-5-19(20,21)6-10-25/h4,7,11,14H,2-3,5-6,8-10,12H2,1H3. The van der Waals surface area contributed by atoms with Crippen LogP contribution in [0.1, 0.15) is 31.5 Å². The van der Waals surface area contributed by atoms with Crippen molar-refractivity contribution in [3.8, 4) is 0 Å². The Balaban J connectivity index is 1.53. The zero-order chi connectivity index (χ0) is 19.0. The molecule has 0 N–H and O–H groups in total. The summed E-state index contributed by atoms with van der Waals surface area (Å²) in [4.78, 5) is 29.8. The Hall–Kier alpha value is -2.38. The molecule has 2 aromatic rings. The maximum Gasteiger partial charge on any atom is 0.251 e. The van der Waals surface area contributed by atoms with Gasteiger partial charge in [-0.25, -0.2) is 18.7 Å². The third-order valence-corrected chi connectivity index (χ3v) is 5.47. The molecule has 0 bridgehead atoms. The second kappa shape index (κ2) is 6.98. The van der Waals surface area contributed by atoms with Crippen molar-refractivity contribution in [2.24, 2.45) is 5.92 Å². The first-order valence-corrected chi connectivity index (χ1v) is 9.43. The molecule has 27 heavy (non-hydrogen) atoms. The Bertz CT molecular complexity index is 849. The third-order valence-electron chi connectivity index (χ3n) is 5.47. The van der Waals surface area contributed by atoms with E-state index in [1.807, 2.05) is 13.0 Å². The van der Waals surface area contributed by atoms with Gasteiger partial charge < -0.3 is 9.80 Å². The lowest BCUT2D eigenvalue weighted by Crippen LogP contribution is -2.49. The van der Waals surface area contributed by atoms with Gasteiger partial charge in [0.15, 0.2) is 0 Å². The van der Waals surface area contributed by atoms with E-state index in [1.165, 1.54) is 0 Å². The molecule has 0 aliphatic carbocycles. The summed E-state index contributed by atoms with van der Waals surface area (Å²) in [6.07, 6.45) is 4.61. The van der Waals surface area contributed by atoms with E-state index in [1.54, 1.807) is 17.3 Å². The first kappa shape index (κ1) is 18.0. The largest absolute Gasteiger partial charge is 0.355 e. The number of aromatic nitrogens is 3. The van der Waals surface area contributed by atoms with Crippen molar-refractivity contribution in [1.82, 2.24) is 19.9 Å². The zero-order valence-corrected chi connectivity index (χ0v) is 15.4. The van der Waals surface area contributed by atoms with Crippen molar-refractivity contribution in [3.63, 3.8) is 0 Å². The molecule has 6 nitrogen and oxygen atoms in total. The highest BCUT2D eigenvalue weighted by Crippen LogP contribution is 2.31. The molecule has 0 spiro atoms. The Morgan fingerprint density at radius 3 is 2.78 bits per heavy atom. The number of hydrogen-bond acceptors (Lipinski definition) is 5. The highest BCUT2D eigenvalue weighted by atomic mass is 19.3. The second-order valence-corrected chi connectivity index (χ2v) is 7.45. The van der Waals surface area contributed by atoms with Gasteiger partial charge in [-0.3, -0.25) is 9.78 Å². The SMILES string of the molecule is Cc1nc(N2CCCC(C(=O)N3CCC(F)(F)CC3)C2)c2ccncc2n1. The first-order chi connectivity index (χ1) is 12.9. The number of halogens is 2. The fourth-order valence-corrected chi connectivity index (χ4v) is 4.00. The molecule has 0 aromatic carbocycles. The number of carbonyl (C=O) groups is 1. The normalized spacial score (nSPS) is 22.9. The van der Waals surface area contributed by atoms with Crippen molar-refractivity contribution in [1.29, 1.82) is 0 Å². The molecule has 2 aliphatic rings. The maximum atomic E-state index is 13.4. The number of aryl methyl sites for hydroxylation is 1. The molecule has 2 saturated heterocycles. The van der Waals surface area contributed by atoms with E-state index in [4.69, 9.17) is 0 Å². The van der Waals surface area contributed by atoms with Gasteiger partial charge in [-0.2, -0.15) is 0 Å². The number of amides is 1. The van der Waals surface area contributed by atoms with E-state index in [0.717, 1.165) is 36.1 Å². The van der Waals surface area contributed by atoms with Crippen LogP contribution >= 0.6 is 0 Å². The molecule has 2 aromatic heterocycles. The molecular formula is C19H23F2N5O. The van der Waals surface area contributed by atoms with E-state index in [2.05, 4.69) is 19.9 Å². The van der Waals surface area contributed by atoms with E-state index < -0.39 is 5.92 Å². The number of pyridine rings is 1. The minimum absolute atomic E-state index is 0.00745. The number of likely N-dealkylation sites (tertiary alicyclic amines) is 1. The molecule has 1 amide bonds. The van der Waals surface area contributed by atoms with Gasteiger partial charge in [0.2, 0.25) is 5.91 Å². The Morgan fingerprint density at radius 2 is 2.00 bits per heavy atom. The highest BCUT2D eigenvalue weighted by Gasteiger charge is 2.38. The van der Waals surface area contributed by atoms with Crippen LogP contribution in [0.15, 0.2) is 18.5 Å². The van der Waals surface area contributed by atoms with Gasteiger partial charge in [-0.05, 0) is 25.8 Å². The molecule has 4 rings (SSSR count). The molecule has 4 heterocycles. The third kappa shape index (κ3) is 3.70. The van der Waals surface area contributed by atoms with Crippen LogP contribution < -0.4 is 4.90 Å². The molecule has 2 fully saturated rings. The van der Waals surface area contributed by atoms with Crippen LogP contribution in [0, 0.1) is 12.8 Å². The number of carbonyl (C=O) groups excluding carboxylic acids is 1. The van der Waals surface area contributed by atoms with Crippen LogP contribution in [0.3, 0.4) is 0 Å². The lowest BCUT2D eigenvalue weighted by molar-refractivity contribution is -0.141. The molecule has 0 radical (unpaired) electrons. The van der Waals surface area contributed by atoms with E-state index in [9.17, 15) is 13.6 Å². The second-order valence-electron chi connectivity index (χ2n) is 7.45. The Kier molecular flexibility index (Phi) is 4.65. The smallest absolute Gasteiger partial charge is 0.251 e. The van der Waals surface area contributed by atoms with Crippen LogP contribution in [0.2, 0.25) is 0 Å². The topological polar surface area (TPSA) is 62.2 Å². The number of piperidine rings is 2. The average Bonchev–Trinajstić information content (AvgIpc) is 2.67. The molecule has 0 saturated carbocycles. The quantitative estimate of drug-likeness (QED) is 0.808. The summed E-state index contributed by atoms with van der Waals surface area (Å²) >= 11 is 0. The number of fused-ring (bicyclic) bond motifs is 1. The summed E-state index contributed by atoms with van der Waals surface area (Å²) in [6.45, 7) is 3.50. The van der Waals surface area contributed by atoms with Crippen molar-refractivity contribution >= 4 is 22.6 Å². The predicted octanol–water partition coefficient (Wildman–Crippen LogP) is 2.81. The molecule has 144 valence electrons. The molecule has 2 aliphatic heterocycles. The van der Waals surface area contributed by atoms with Gasteiger partial charge in [0.25, 0.3) is 5.92 Å². The summed E-state index contributed by atoms with van der Waals surface area (Å²) in [5.41, 5.74) is 0.784. The van der Waals surface area contributed by atoms with Crippen LogP contribution in [0.25, 0.3) is 10.9 Å². The number of hydrogen-bond donors (Lipinski definition) is 0. The first-order valence-electron chi connectivity index (χ1n) is 9.43. The minimum Gasteiger partial charge on any atom is -0.355 e. The number of alkyl halides is 2. The van der Waals surface area contributed by atoms with Crippen molar-refractivity contribution in [2.45, 2.75) is 38.5 Å². The molecule has 8 heteroatoms. The van der Waals surface area contributed by atoms with Crippen molar-refractivity contribution in [3.05, 3.63) is 24.3 Å². The molecular weight excluding hydrogens is 352 g/mol. The Labute approximate surface area is 156 Å². The monoisotopic (exact) mass is 375 g/mol. The lowest BCUT2D eigenvalue weighted by atomic mass is 9.95. The fraction of sp³-hybridized carbons (Fsp3) is 0.579. The molecule has 1 unspecified atom stereocenters. The lowest BCUT2D eigenvalue weighted by Gasteiger charge is -2.38. The van der Waals surface area contributed by atoms with Crippen LogP contribution in [0.4, 0.5) is 14.6 Å². The van der Waals surface area contributed by atoms with Gasteiger partial charge in [0, 0.05) is 50.6 Å². The number of anilines is 1. The van der Waals surface area contributed by atoms with Crippen LogP contribution in [-0.2, 0) is 4.79 Å². The Morgan fingerprint density at radius 1 is 1.22 bits per heavy atom. The summed E-state index contributed by atoms with van der Waals surface area (Å²) < 4.78 is 26.8. The van der Waals surface area contributed by atoms with Gasteiger partial charge in [0.1, 0.15) is 11.6 Å². The van der Waals surface area contributed by atoms with E-state index >= 15 is 0 Å². The van der Waals surface area contributed by atoms with Gasteiger partial charge in [-0.15, -0.1) is 0 Å². The summed E-state index contributed by atoms with van der Waals surface area (Å²) in [5.74, 6) is -1.34. The van der Waals surface area contributed by atoms with Crippen LogP contribution in [-0.4, -0.2) is 57.9 Å². The van der Waals surface area contributed by atoms with E-state index in [0.29, 0.717) is 12.4 Å². The summed E-state index contributed by atoms with van der Waals surface area (Å²) in [5, 5.41) is 0.918. The zero-order valence-electron chi connectivity index (χ0n) is 15.4. The highest BCUT2D eigenvalue weighted by molar-refractivity contribution is 5.89. The van der Waals surface area contributed by atoms with Crippen molar-refractivity contribution < 1.29 is 13.6 Å².